The van der Waals surface area contributed by atoms with E-state index in [4.69, 9.17) is 4.98 Å². The maximum absolute atomic E-state index is 13.1. The quantitative estimate of drug-likeness (QED) is 0.419. The summed E-state index contributed by atoms with van der Waals surface area (Å²) in [6.45, 7) is 1.92. The molecule has 0 saturated carbocycles. The molecule has 116 valence electrons. The Hall–Kier alpha value is -2.57. The minimum Gasteiger partial charge on any atom is -0.267 e. The molecule has 24 heavy (non-hydrogen) atoms. The van der Waals surface area contributed by atoms with Crippen LogP contribution in [0, 0.1) is 6.92 Å². The minimum absolute atomic E-state index is 0.103. The molecule has 5 rings (SSSR count). The van der Waals surface area contributed by atoms with E-state index in [-0.39, 0.29) is 5.56 Å². The Kier molecular flexibility index (Phi) is 2.86. The lowest BCUT2D eigenvalue weighted by Crippen LogP contribution is -2.18. The molecule has 0 aliphatic heterocycles. The number of hydrogen-bond acceptors (Lipinski definition) is 5. The molecule has 0 unspecified atom stereocenters. The molecule has 0 aliphatic rings. The van der Waals surface area contributed by atoms with Crippen molar-refractivity contribution in [2.75, 3.05) is 0 Å². The molecule has 0 saturated heterocycles. The summed E-state index contributed by atoms with van der Waals surface area (Å²) >= 11 is 3.13. The summed E-state index contributed by atoms with van der Waals surface area (Å²) in [5, 5.41) is 11.2. The summed E-state index contributed by atoms with van der Waals surface area (Å²) in [5.41, 5.74) is 2.29. The monoisotopic (exact) mass is 349 g/mol. The number of thiophene rings is 2. The van der Waals surface area contributed by atoms with E-state index in [0.29, 0.717) is 11.0 Å². The molecule has 4 aromatic heterocycles. The van der Waals surface area contributed by atoms with Crippen LogP contribution >= 0.6 is 22.7 Å². The third kappa shape index (κ3) is 1.81. The van der Waals surface area contributed by atoms with E-state index in [0.717, 1.165) is 31.7 Å². The van der Waals surface area contributed by atoms with Crippen LogP contribution in [-0.4, -0.2) is 14.6 Å². The zero-order valence-corrected chi connectivity index (χ0v) is 14.3. The van der Waals surface area contributed by atoms with Gasteiger partial charge in [-0.1, -0.05) is 30.3 Å². The lowest BCUT2D eigenvalue weighted by molar-refractivity contribution is 0.868. The number of benzene rings is 1. The fraction of sp³-hybridized carbons (Fsp3) is 0.0556. The highest BCUT2D eigenvalue weighted by Gasteiger charge is 2.17. The van der Waals surface area contributed by atoms with Crippen molar-refractivity contribution in [3.63, 3.8) is 0 Å². The highest BCUT2D eigenvalue weighted by molar-refractivity contribution is 7.18. The molecule has 0 spiro atoms. The van der Waals surface area contributed by atoms with Crippen molar-refractivity contribution >= 4 is 49.3 Å². The van der Waals surface area contributed by atoms with Crippen LogP contribution in [0.5, 0.6) is 0 Å². The van der Waals surface area contributed by atoms with Crippen LogP contribution in [0.4, 0.5) is 0 Å². The second-order valence-electron chi connectivity index (χ2n) is 5.59. The van der Waals surface area contributed by atoms with Crippen LogP contribution in [0.2, 0.25) is 0 Å². The first-order chi connectivity index (χ1) is 11.7. The van der Waals surface area contributed by atoms with E-state index in [1.54, 1.807) is 11.3 Å². The number of fused-ring (bicyclic) bond motifs is 4. The third-order valence-corrected chi connectivity index (χ3v) is 5.96. The summed E-state index contributed by atoms with van der Waals surface area (Å²) in [6, 6.07) is 12.0. The molecule has 6 heteroatoms. The first-order valence-corrected chi connectivity index (χ1v) is 9.23. The summed E-state index contributed by atoms with van der Waals surface area (Å²) < 4.78 is 1.45. The van der Waals surface area contributed by atoms with Crippen LogP contribution < -0.4 is 5.56 Å². The van der Waals surface area contributed by atoms with Crippen molar-refractivity contribution in [1.29, 1.82) is 0 Å². The number of aryl methyl sites for hydroxylation is 1. The van der Waals surface area contributed by atoms with Gasteiger partial charge in [0.25, 0.3) is 5.56 Å². The summed E-state index contributed by atoms with van der Waals surface area (Å²) in [6.07, 6.45) is 0. The largest absolute Gasteiger partial charge is 0.283 e. The highest BCUT2D eigenvalue weighted by Crippen LogP contribution is 2.34. The number of rotatable bonds is 1. The average Bonchev–Trinajstić information content (AvgIpc) is 3.25. The maximum atomic E-state index is 13.1. The number of aromatic nitrogens is 3. The molecule has 0 fully saturated rings. The smallest absolute Gasteiger partial charge is 0.267 e. The fourth-order valence-corrected chi connectivity index (χ4v) is 4.81. The Bertz CT molecular complexity index is 1280. The summed E-state index contributed by atoms with van der Waals surface area (Å²) in [7, 11) is 0. The molecular weight excluding hydrogens is 338 g/mol. The van der Waals surface area contributed by atoms with Crippen LogP contribution in [0.3, 0.4) is 0 Å². The van der Waals surface area contributed by atoms with Gasteiger partial charge < -0.3 is 0 Å². The van der Waals surface area contributed by atoms with Crippen molar-refractivity contribution in [3.8, 4) is 10.4 Å². The van der Waals surface area contributed by atoms with E-state index >= 15 is 0 Å². The van der Waals surface area contributed by atoms with E-state index in [9.17, 15) is 4.79 Å². The Balaban J connectivity index is 2.00. The molecule has 1 aromatic carbocycles. The van der Waals surface area contributed by atoms with E-state index in [1.165, 1.54) is 15.9 Å². The molecule has 0 N–H and O–H groups in total. The van der Waals surface area contributed by atoms with Crippen molar-refractivity contribution < 1.29 is 0 Å². The van der Waals surface area contributed by atoms with Crippen molar-refractivity contribution in [1.82, 2.24) is 14.6 Å². The van der Waals surface area contributed by atoms with Gasteiger partial charge >= 0.3 is 0 Å². The van der Waals surface area contributed by atoms with Crippen LogP contribution in [-0.2, 0) is 0 Å². The Labute approximate surface area is 144 Å². The molecule has 4 heterocycles. The predicted octanol–water partition coefficient (Wildman–Crippen LogP) is 4.49. The standard InChI is InChI=1S/C18H11N3OS2/c1-10-11-5-2-3-6-12(11)16-19-17-15(18(22)21(16)20-10)13(9-24-17)14-7-4-8-23-14/h2-9H,1H3. The highest BCUT2D eigenvalue weighted by atomic mass is 32.1. The molecule has 0 amide bonds. The third-order valence-electron chi connectivity index (χ3n) is 4.18. The van der Waals surface area contributed by atoms with Gasteiger partial charge in [0.2, 0.25) is 0 Å². The first kappa shape index (κ1) is 13.8. The lowest BCUT2D eigenvalue weighted by Gasteiger charge is -2.07. The van der Waals surface area contributed by atoms with Gasteiger partial charge in [-0.3, -0.25) is 4.79 Å². The lowest BCUT2D eigenvalue weighted by atomic mass is 10.1. The number of hydrogen-bond donors (Lipinski definition) is 0. The summed E-state index contributed by atoms with van der Waals surface area (Å²) in [4.78, 5) is 19.7. The Morgan fingerprint density at radius 3 is 2.67 bits per heavy atom. The van der Waals surface area contributed by atoms with E-state index in [2.05, 4.69) is 5.10 Å². The molecular formula is C18H11N3OS2. The van der Waals surface area contributed by atoms with Gasteiger partial charge in [-0.15, -0.1) is 22.7 Å². The molecule has 0 aliphatic carbocycles. The second-order valence-corrected chi connectivity index (χ2v) is 7.40. The second kappa shape index (κ2) is 4.96. The molecule has 0 atom stereocenters. The van der Waals surface area contributed by atoms with Crippen molar-refractivity contribution in [2.24, 2.45) is 0 Å². The first-order valence-electron chi connectivity index (χ1n) is 7.47. The fourth-order valence-electron chi connectivity index (χ4n) is 3.06. The summed E-state index contributed by atoms with van der Waals surface area (Å²) in [5.74, 6) is 0. The molecule has 0 radical (unpaired) electrons. The van der Waals surface area contributed by atoms with E-state index in [1.807, 2.05) is 54.1 Å². The van der Waals surface area contributed by atoms with Gasteiger partial charge in [-0.25, -0.2) is 4.98 Å². The van der Waals surface area contributed by atoms with Crippen molar-refractivity contribution in [3.05, 3.63) is 63.2 Å². The van der Waals surface area contributed by atoms with Gasteiger partial charge in [0.15, 0.2) is 5.65 Å². The zero-order chi connectivity index (χ0) is 16.3. The van der Waals surface area contributed by atoms with Crippen LogP contribution in [0.1, 0.15) is 5.69 Å². The van der Waals surface area contributed by atoms with Gasteiger partial charge in [0.05, 0.1) is 11.1 Å². The normalized spacial score (nSPS) is 11.7. The topological polar surface area (TPSA) is 47.3 Å². The molecule has 4 nitrogen and oxygen atoms in total. The predicted molar refractivity (Wildman–Crippen MR) is 100 cm³/mol. The average molecular weight is 349 g/mol. The SMILES string of the molecule is Cc1nn2c(=O)c3c(-c4cccs4)csc3nc2c2ccccc12. The van der Waals surface area contributed by atoms with Gasteiger partial charge in [0.1, 0.15) is 4.83 Å². The van der Waals surface area contributed by atoms with Crippen LogP contribution in [0.15, 0.2) is 52.0 Å². The number of nitrogens with zero attached hydrogens (tertiary/aromatic N) is 3. The van der Waals surface area contributed by atoms with Gasteiger partial charge in [-0.2, -0.15) is 9.61 Å². The minimum atomic E-state index is -0.103. The van der Waals surface area contributed by atoms with Gasteiger partial charge in [0, 0.05) is 26.6 Å². The van der Waals surface area contributed by atoms with E-state index < -0.39 is 0 Å². The Morgan fingerprint density at radius 2 is 1.88 bits per heavy atom. The zero-order valence-electron chi connectivity index (χ0n) is 12.7. The molecule has 5 aromatic rings. The van der Waals surface area contributed by atoms with Crippen LogP contribution in [0.25, 0.3) is 37.1 Å². The van der Waals surface area contributed by atoms with Gasteiger partial charge in [-0.05, 0) is 18.4 Å². The maximum Gasteiger partial charge on any atom is 0.283 e. The van der Waals surface area contributed by atoms with Crippen molar-refractivity contribution in [2.45, 2.75) is 6.92 Å². The Morgan fingerprint density at radius 1 is 1.04 bits per heavy atom. The molecule has 0 bridgehead atoms.